The van der Waals surface area contributed by atoms with Crippen molar-refractivity contribution in [2.24, 2.45) is 5.14 Å². The van der Waals surface area contributed by atoms with Crippen LogP contribution < -0.4 is 10.5 Å². The third-order valence-electron chi connectivity index (χ3n) is 3.79. The van der Waals surface area contributed by atoms with Gasteiger partial charge in [-0.2, -0.15) is 11.8 Å². The van der Waals surface area contributed by atoms with Crippen LogP contribution in [0.15, 0.2) is 29.2 Å². The molecule has 1 aliphatic rings. The molecule has 1 aromatic rings. The van der Waals surface area contributed by atoms with Crippen LogP contribution in [0, 0.1) is 0 Å². The molecule has 3 N–H and O–H groups in total. The summed E-state index contributed by atoms with van der Waals surface area (Å²) in [5.74, 6) is 1.25. The van der Waals surface area contributed by atoms with Gasteiger partial charge in [-0.3, -0.25) is 0 Å². The highest BCUT2D eigenvalue weighted by molar-refractivity contribution is 8.00. The van der Waals surface area contributed by atoms with Gasteiger partial charge in [0.25, 0.3) is 0 Å². The van der Waals surface area contributed by atoms with E-state index >= 15 is 0 Å². The summed E-state index contributed by atoms with van der Waals surface area (Å²) in [6.07, 6.45) is 2.54. The van der Waals surface area contributed by atoms with Gasteiger partial charge in [0.1, 0.15) is 0 Å². The predicted octanol–water partition coefficient (Wildman–Crippen LogP) is 2.27. The first kappa shape index (κ1) is 15.8. The van der Waals surface area contributed by atoms with Gasteiger partial charge in [-0.15, -0.1) is 0 Å². The Morgan fingerprint density at radius 1 is 1.40 bits per heavy atom. The maximum absolute atomic E-state index is 11.2. The minimum atomic E-state index is -3.60. The van der Waals surface area contributed by atoms with Crippen LogP contribution in [0.1, 0.15) is 38.3 Å². The Labute approximate surface area is 125 Å². The van der Waals surface area contributed by atoms with Crippen LogP contribution >= 0.6 is 11.8 Å². The van der Waals surface area contributed by atoms with Gasteiger partial charge in [-0.1, -0.05) is 12.1 Å². The molecule has 6 heteroatoms. The van der Waals surface area contributed by atoms with Gasteiger partial charge < -0.3 is 5.32 Å². The van der Waals surface area contributed by atoms with Gasteiger partial charge in [-0.25, -0.2) is 13.6 Å². The molecule has 1 heterocycles. The minimum absolute atomic E-state index is 0.159. The van der Waals surface area contributed by atoms with E-state index in [1.165, 1.54) is 18.6 Å². The Morgan fingerprint density at radius 2 is 2.05 bits per heavy atom. The normalized spacial score (nSPS) is 24.8. The fraction of sp³-hybridized carbons (Fsp3) is 0.571. The van der Waals surface area contributed by atoms with Crippen LogP contribution in [0.2, 0.25) is 0 Å². The van der Waals surface area contributed by atoms with Crippen LogP contribution in [0.25, 0.3) is 0 Å². The molecular formula is C14H22N2O2S2. The largest absolute Gasteiger partial charge is 0.309 e. The molecule has 0 aliphatic carbocycles. The third-order valence-corrected chi connectivity index (χ3v) is 6.26. The Balaban J connectivity index is 1.97. The Kier molecular flexibility index (Phi) is 4.79. The second-order valence-electron chi connectivity index (χ2n) is 5.62. The Morgan fingerprint density at radius 3 is 2.55 bits per heavy atom. The Bertz CT molecular complexity index is 549. The van der Waals surface area contributed by atoms with Crippen molar-refractivity contribution in [1.82, 2.24) is 5.32 Å². The van der Waals surface area contributed by atoms with Crippen LogP contribution in [-0.2, 0) is 10.0 Å². The molecule has 1 fully saturated rings. The fourth-order valence-electron chi connectivity index (χ4n) is 2.41. The third kappa shape index (κ3) is 3.97. The lowest BCUT2D eigenvalue weighted by Crippen LogP contribution is -2.34. The van der Waals surface area contributed by atoms with E-state index in [1.807, 2.05) is 23.9 Å². The van der Waals surface area contributed by atoms with Crippen LogP contribution in [0.5, 0.6) is 0 Å². The average molecular weight is 314 g/mol. The van der Waals surface area contributed by atoms with Crippen molar-refractivity contribution in [1.29, 1.82) is 0 Å². The number of rotatable bonds is 5. The van der Waals surface area contributed by atoms with Crippen LogP contribution in [0.4, 0.5) is 0 Å². The molecule has 0 amide bonds. The standard InChI is InChI=1S/C14H22N2O2S2/c1-11(16-10-14(2)8-3-9-19-14)12-4-6-13(7-5-12)20(15,17)18/h4-7,11,16H,3,8-10H2,1-2H3,(H2,15,17,18). The van der Waals surface area contributed by atoms with Crippen molar-refractivity contribution in [2.45, 2.75) is 42.4 Å². The lowest BCUT2D eigenvalue weighted by atomic mass is 10.0. The summed E-state index contributed by atoms with van der Waals surface area (Å²) < 4.78 is 22.8. The first-order chi connectivity index (χ1) is 9.30. The highest BCUT2D eigenvalue weighted by Gasteiger charge is 2.29. The van der Waals surface area contributed by atoms with E-state index in [4.69, 9.17) is 5.14 Å². The highest BCUT2D eigenvalue weighted by Crippen LogP contribution is 2.37. The maximum atomic E-state index is 11.2. The SMILES string of the molecule is CC(NCC1(C)CCCS1)c1ccc(S(N)(=O)=O)cc1. The summed E-state index contributed by atoms with van der Waals surface area (Å²) in [6.45, 7) is 5.36. The van der Waals surface area contributed by atoms with Crippen molar-refractivity contribution in [3.05, 3.63) is 29.8 Å². The van der Waals surface area contributed by atoms with Gasteiger partial charge >= 0.3 is 0 Å². The van der Waals surface area contributed by atoms with Crippen LogP contribution in [-0.4, -0.2) is 25.5 Å². The van der Waals surface area contributed by atoms with Crippen molar-refractivity contribution in [2.75, 3.05) is 12.3 Å². The molecule has 0 saturated carbocycles. The topological polar surface area (TPSA) is 72.2 Å². The van der Waals surface area contributed by atoms with E-state index in [1.54, 1.807) is 12.1 Å². The minimum Gasteiger partial charge on any atom is -0.309 e. The first-order valence-corrected chi connectivity index (χ1v) is 9.33. The second kappa shape index (κ2) is 6.05. The van der Waals surface area contributed by atoms with E-state index in [2.05, 4.69) is 19.2 Å². The molecule has 2 unspecified atom stereocenters. The number of benzene rings is 1. The number of sulfonamides is 1. The molecule has 0 bridgehead atoms. The second-order valence-corrected chi connectivity index (χ2v) is 8.86. The lowest BCUT2D eigenvalue weighted by molar-refractivity contribution is 0.490. The van der Waals surface area contributed by atoms with Gasteiger partial charge in [0.05, 0.1) is 4.90 Å². The van der Waals surface area contributed by atoms with E-state index in [0.29, 0.717) is 4.75 Å². The molecule has 1 saturated heterocycles. The predicted molar refractivity (Wildman–Crippen MR) is 84.3 cm³/mol. The van der Waals surface area contributed by atoms with Gasteiger partial charge in [0.15, 0.2) is 0 Å². The number of nitrogens with two attached hydrogens (primary N) is 1. The molecule has 1 aliphatic heterocycles. The van der Waals surface area contributed by atoms with Crippen molar-refractivity contribution < 1.29 is 8.42 Å². The van der Waals surface area contributed by atoms with E-state index in [0.717, 1.165) is 12.1 Å². The molecule has 1 aromatic carbocycles. The Hall–Kier alpha value is -0.560. The highest BCUT2D eigenvalue weighted by atomic mass is 32.2. The van der Waals surface area contributed by atoms with Crippen LogP contribution in [0.3, 0.4) is 0 Å². The average Bonchev–Trinajstić information content (AvgIpc) is 2.83. The van der Waals surface area contributed by atoms with E-state index in [9.17, 15) is 8.42 Å². The molecule has 112 valence electrons. The molecule has 20 heavy (non-hydrogen) atoms. The molecule has 0 aromatic heterocycles. The monoisotopic (exact) mass is 314 g/mol. The number of nitrogens with one attached hydrogen (secondary N) is 1. The van der Waals surface area contributed by atoms with E-state index in [-0.39, 0.29) is 10.9 Å². The fourth-order valence-corrected chi connectivity index (χ4v) is 4.18. The zero-order valence-electron chi connectivity index (χ0n) is 11.9. The number of primary sulfonamides is 1. The molecule has 2 rings (SSSR count). The zero-order valence-corrected chi connectivity index (χ0v) is 13.6. The van der Waals surface area contributed by atoms with Gasteiger partial charge in [0, 0.05) is 17.3 Å². The van der Waals surface area contributed by atoms with E-state index < -0.39 is 10.0 Å². The zero-order chi connectivity index (χ0) is 14.8. The van der Waals surface area contributed by atoms with Crippen molar-refractivity contribution in [3.8, 4) is 0 Å². The molecule has 0 spiro atoms. The van der Waals surface area contributed by atoms with Gasteiger partial charge in [0.2, 0.25) is 10.0 Å². The summed E-state index contributed by atoms with van der Waals surface area (Å²) in [7, 11) is -3.60. The smallest absolute Gasteiger partial charge is 0.238 e. The molecule has 0 radical (unpaired) electrons. The molecule has 2 atom stereocenters. The summed E-state index contributed by atoms with van der Waals surface area (Å²) in [5.41, 5.74) is 1.07. The first-order valence-electron chi connectivity index (χ1n) is 6.80. The molecular weight excluding hydrogens is 292 g/mol. The number of hydrogen-bond acceptors (Lipinski definition) is 4. The summed E-state index contributed by atoms with van der Waals surface area (Å²) in [5, 5.41) is 8.63. The van der Waals surface area contributed by atoms with Crippen molar-refractivity contribution >= 4 is 21.8 Å². The summed E-state index contributed by atoms with van der Waals surface area (Å²) >= 11 is 2.03. The van der Waals surface area contributed by atoms with Crippen molar-refractivity contribution in [3.63, 3.8) is 0 Å². The van der Waals surface area contributed by atoms with Gasteiger partial charge in [-0.05, 0) is 50.1 Å². The summed E-state index contributed by atoms with van der Waals surface area (Å²) in [4.78, 5) is 0.159. The number of thioether (sulfide) groups is 1. The quantitative estimate of drug-likeness (QED) is 0.874. The lowest BCUT2D eigenvalue weighted by Gasteiger charge is -2.26. The number of hydrogen-bond donors (Lipinski definition) is 2. The summed E-state index contributed by atoms with van der Waals surface area (Å²) in [6, 6.07) is 6.97. The molecule has 4 nitrogen and oxygen atoms in total. The maximum Gasteiger partial charge on any atom is 0.238 e.